The molecule has 1 fully saturated rings. The zero-order chi connectivity index (χ0) is 11.6. The molecule has 0 saturated carbocycles. The van der Waals surface area contributed by atoms with Crippen molar-refractivity contribution in [3.63, 3.8) is 0 Å². The summed E-state index contributed by atoms with van der Waals surface area (Å²) >= 11 is 0. The molecular formula is C12H21N3O. The first kappa shape index (κ1) is 11.5. The third-order valence-corrected chi connectivity index (χ3v) is 3.36. The van der Waals surface area contributed by atoms with Gasteiger partial charge in [-0.3, -0.25) is 0 Å². The molecule has 2 rings (SSSR count). The van der Waals surface area contributed by atoms with Crippen LogP contribution in [0.3, 0.4) is 0 Å². The molecule has 1 aromatic rings. The Morgan fingerprint density at radius 1 is 1.44 bits per heavy atom. The Bertz CT molecular complexity index is 346. The molecule has 0 spiro atoms. The van der Waals surface area contributed by atoms with Gasteiger partial charge in [-0.15, -0.1) is 0 Å². The van der Waals surface area contributed by atoms with Gasteiger partial charge in [-0.1, -0.05) is 13.8 Å². The Kier molecular flexibility index (Phi) is 3.19. The summed E-state index contributed by atoms with van der Waals surface area (Å²) in [6, 6.07) is 0.734. The molecule has 1 saturated heterocycles. The summed E-state index contributed by atoms with van der Waals surface area (Å²) in [5.74, 6) is 0. The number of aromatic nitrogens is 1. The Labute approximate surface area is 96.8 Å². The van der Waals surface area contributed by atoms with Crippen LogP contribution in [0.4, 0.5) is 6.01 Å². The summed E-state index contributed by atoms with van der Waals surface area (Å²) in [7, 11) is 0. The molecule has 4 nitrogen and oxygen atoms in total. The fourth-order valence-corrected chi connectivity index (χ4v) is 2.15. The highest BCUT2D eigenvalue weighted by atomic mass is 16.4. The van der Waals surface area contributed by atoms with Crippen LogP contribution in [0.2, 0.25) is 0 Å². The Balaban J connectivity index is 2.04. The number of hydrogen-bond acceptors (Lipinski definition) is 4. The zero-order valence-electron chi connectivity index (χ0n) is 10.2. The average molecular weight is 223 g/mol. The predicted octanol–water partition coefficient (Wildman–Crippen LogP) is 2.15. The number of oxazole rings is 1. The fourth-order valence-electron chi connectivity index (χ4n) is 2.15. The third kappa shape index (κ3) is 2.55. The molecule has 90 valence electrons. The fraction of sp³-hybridized carbons (Fsp3) is 0.750. The number of hydrogen-bond donors (Lipinski definition) is 1. The second kappa shape index (κ2) is 4.45. The minimum absolute atomic E-state index is 0.443. The van der Waals surface area contributed by atoms with Gasteiger partial charge >= 0.3 is 0 Å². The van der Waals surface area contributed by atoms with Gasteiger partial charge in [0.1, 0.15) is 6.26 Å². The van der Waals surface area contributed by atoms with Crippen molar-refractivity contribution in [2.45, 2.75) is 39.7 Å². The van der Waals surface area contributed by atoms with Crippen LogP contribution in [0, 0.1) is 5.41 Å². The van der Waals surface area contributed by atoms with Crippen molar-refractivity contribution in [2.75, 3.05) is 18.0 Å². The summed E-state index contributed by atoms with van der Waals surface area (Å²) in [6.45, 7) is 7.17. The van der Waals surface area contributed by atoms with Crippen molar-refractivity contribution < 1.29 is 4.42 Å². The van der Waals surface area contributed by atoms with E-state index in [1.807, 2.05) is 0 Å². The van der Waals surface area contributed by atoms with Gasteiger partial charge < -0.3 is 15.1 Å². The van der Waals surface area contributed by atoms with Crippen molar-refractivity contribution >= 4 is 6.01 Å². The number of nitrogens with two attached hydrogens (primary N) is 1. The molecule has 0 aromatic carbocycles. The van der Waals surface area contributed by atoms with Gasteiger partial charge in [-0.25, -0.2) is 0 Å². The maximum Gasteiger partial charge on any atom is 0.297 e. The minimum atomic E-state index is 0.443. The van der Waals surface area contributed by atoms with Crippen molar-refractivity contribution in [3.8, 4) is 0 Å². The first-order valence-corrected chi connectivity index (χ1v) is 6.00. The lowest BCUT2D eigenvalue weighted by atomic mass is 9.85. The summed E-state index contributed by atoms with van der Waals surface area (Å²) in [5, 5.41) is 0. The first-order chi connectivity index (χ1) is 7.61. The van der Waals surface area contributed by atoms with Gasteiger partial charge in [0.05, 0.1) is 5.69 Å². The molecule has 0 radical (unpaired) electrons. The standard InChI is InChI=1S/C12H21N3O/c1-12(2)4-3-6-15(7-5-12)11-14-10(8-13)9-16-11/h9H,3-8,13H2,1-2H3. The van der Waals surface area contributed by atoms with Crippen LogP contribution in [0.25, 0.3) is 0 Å². The molecule has 0 aliphatic carbocycles. The van der Waals surface area contributed by atoms with Crippen LogP contribution in [0.1, 0.15) is 38.8 Å². The monoisotopic (exact) mass is 223 g/mol. The Morgan fingerprint density at radius 2 is 2.25 bits per heavy atom. The quantitative estimate of drug-likeness (QED) is 0.834. The van der Waals surface area contributed by atoms with Gasteiger partial charge in [0, 0.05) is 19.6 Å². The molecule has 1 aliphatic rings. The van der Waals surface area contributed by atoms with Crippen LogP contribution in [0.5, 0.6) is 0 Å². The third-order valence-electron chi connectivity index (χ3n) is 3.36. The maximum atomic E-state index is 5.53. The van der Waals surface area contributed by atoms with E-state index in [2.05, 4.69) is 23.7 Å². The summed E-state index contributed by atoms with van der Waals surface area (Å²) in [6.07, 6.45) is 5.32. The van der Waals surface area contributed by atoms with E-state index >= 15 is 0 Å². The largest absolute Gasteiger partial charge is 0.432 e. The van der Waals surface area contributed by atoms with E-state index in [1.54, 1.807) is 6.26 Å². The van der Waals surface area contributed by atoms with E-state index in [0.717, 1.165) is 24.8 Å². The predicted molar refractivity (Wildman–Crippen MR) is 64.2 cm³/mol. The second-order valence-corrected chi connectivity index (χ2v) is 5.33. The van der Waals surface area contributed by atoms with E-state index in [-0.39, 0.29) is 0 Å². The van der Waals surface area contributed by atoms with Crippen LogP contribution in [-0.4, -0.2) is 18.1 Å². The topological polar surface area (TPSA) is 55.3 Å². The highest BCUT2D eigenvalue weighted by Gasteiger charge is 2.24. The van der Waals surface area contributed by atoms with E-state index in [0.29, 0.717) is 12.0 Å². The molecule has 2 N–H and O–H groups in total. The molecule has 2 heterocycles. The van der Waals surface area contributed by atoms with E-state index < -0.39 is 0 Å². The molecule has 0 unspecified atom stereocenters. The van der Waals surface area contributed by atoms with Gasteiger partial charge in [-0.05, 0) is 24.7 Å². The van der Waals surface area contributed by atoms with Crippen molar-refractivity contribution in [1.29, 1.82) is 0 Å². The van der Waals surface area contributed by atoms with Gasteiger partial charge in [0.2, 0.25) is 0 Å². The van der Waals surface area contributed by atoms with Gasteiger partial charge in [0.25, 0.3) is 6.01 Å². The number of nitrogens with zero attached hydrogens (tertiary/aromatic N) is 2. The van der Waals surface area contributed by atoms with E-state index in [9.17, 15) is 0 Å². The average Bonchev–Trinajstić information content (AvgIpc) is 2.64. The highest BCUT2D eigenvalue weighted by molar-refractivity contribution is 5.27. The summed E-state index contributed by atoms with van der Waals surface area (Å²) in [4.78, 5) is 6.61. The lowest BCUT2D eigenvalue weighted by Crippen LogP contribution is -2.25. The Morgan fingerprint density at radius 3 is 2.94 bits per heavy atom. The van der Waals surface area contributed by atoms with Crippen LogP contribution >= 0.6 is 0 Å². The molecule has 1 aliphatic heterocycles. The molecule has 0 amide bonds. The molecule has 0 bridgehead atoms. The summed E-state index contributed by atoms with van der Waals surface area (Å²) in [5.41, 5.74) is 6.80. The molecule has 4 heteroatoms. The Hall–Kier alpha value is -1.03. The van der Waals surface area contributed by atoms with Crippen LogP contribution in [-0.2, 0) is 6.54 Å². The lowest BCUT2D eigenvalue weighted by molar-refractivity contribution is 0.324. The van der Waals surface area contributed by atoms with Gasteiger partial charge in [-0.2, -0.15) is 4.98 Å². The highest BCUT2D eigenvalue weighted by Crippen LogP contribution is 2.31. The number of anilines is 1. The molecule has 1 aromatic heterocycles. The van der Waals surface area contributed by atoms with Crippen molar-refractivity contribution in [2.24, 2.45) is 11.1 Å². The van der Waals surface area contributed by atoms with Crippen molar-refractivity contribution in [3.05, 3.63) is 12.0 Å². The second-order valence-electron chi connectivity index (χ2n) is 5.33. The van der Waals surface area contributed by atoms with Crippen LogP contribution in [0.15, 0.2) is 10.7 Å². The normalized spacial score (nSPS) is 20.8. The van der Waals surface area contributed by atoms with Gasteiger partial charge in [0.15, 0.2) is 0 Å². The molecule has 0 atom stereocenters. The first-order valence-electron chi connectivity index (χ1n) is 6.00. The van der Waals surface area contributed by atoms with E-state index in [1.165, 1.54) is 19.3 Å². The maximum absolute atomic E-state index is 5.53. The zero-order valence-corrected chi connectivity index (χ0v) is 10.2. The molecule has 16 heavy (non-hydrogen) atoms. The van der Waals surface area contributed by atoms with Crippen LogP contribution < -0.4 is 10.6 Å². The summed E-state index contributed by atoms with van der Waals surface area (Å²) < 4.78 is 5.45. The SMILES string of the molecule is CC1(C)CCCN(c2nc(CN)co2)CC1. The minimum Gasteiger partial charge on any atom is -0.432 e. The lowest BCUT2D eigenvalue weighted by Gasteiger charge is -2.22. The van der Waals surface area contributed by atoms with Crippen molar-refractivity contribution in [1.82, 2.24) is 4.98 Å². The van der Waals surface area contributed by atoms with E-state index in [4.69, 9.17) is 10.2 Å². The number of rotatable bonds is 2. The molecular weight excluding hydrogens is 202 g/mol. The smallest absolute Gasteiger partial charge is 0.297 e.